The summed E-state index contributed by atoms with van der Waals surface area (Å²) in [6, 6.07) is 4.39. The summed E-state index contributed by atoms with van der Waals surface area (Å²) in [5, 5.41) is 10.5. The van der Waals surface area contributed by atoms with Gasteiger partial charge in [-0.2, -0.15) is 0 Å². The molecule has 0 saturated carbocycles. The van der Waals surface area contributed by atoms with Crippen LogP contribution in [0.15, 0.2) is 16.5 Å². The monoisotopic (exact) mass is 294 g/mol. The lowest BCUT2D eigenvalue weighted by atomic mass is 9.99. The van der Waals surface area contributed by atoms with Crippen LogP contribution in [0, 0.1) is 0 Å². The van der Waals surface area contributed by atoms with Gasteiger partial charge in [0.1, 0.15) is 11.5 Å². The number of aryl methyl sites for hydroxylation is 1. The number of aliphatic hydroxyl groups excluding tert-OH is 1. The molecule has 0 radical (unpaired) electrons. The molecule has 5 nitrogen and oxygen atoms in total. The molecule has 1 aromatic rings. The molecule has 5 heteroatoms. The molecule has 0 unspecified atom stereocenters. The third kappa shape index (κ3) is 3.66. The van der Waals surface area contributed by atoms with Gasteiger partial charge in [0, 0.05) is 38.6 Å². The number of rotatable bonds is 4. The van der Waals surface area contributed by atoms with E-state index in [1.165, 1.54) is 0 Å². The molecule has 118 valence electrons. The van der Waals surface area contributed by atoms with Gasteiger partial charge in [0.15, 0.2) is 0 Å². The first-order chi connectivity index (χ1) is 10.3. The van der Waals surface area contributed by atoms with E-state index < -0.39 is 0 Å². The Morgan fingerprint density at radius 3 is 2.62 bits per heavy atom. The van der Waals surface area contributed by atoms with Crippen molar-refractivity contribution in [2.75, 3.05) is 39.4 Å². The lowest BCUT2D eigenvalue weighted by Gasteiger charge is -2.42. The molecule has 2 aliphatic heterocycles. The average molecular weight is 294 g/mol. The highest BCUT2D eigenvalue weighted by atomic mass is 16.5. The standard InChI is InChI=1S/C16H26N2O3/c1-2-13-3-4-14(21-13)11-17-6-5-15(16(19)12-17)18-7-9-20-10-8-18/h3-4,15-16,19H,2,5-12H2,1H3/t15-,16-/m1/s1. The maximum Gasteiger partial charge on any atom is 0.118 e. The summed E-state index contributed by atoms with van der Waals surface area (Å²) < 4.78 is 11.2. The molecule has 21 heavy (non-hydrogen) atoms. The third-order valence-electron chi connectivity index (χ3n) is 4.59. The molecular formula is C16H26N2O3. The molecular weight excluding hydrogens is 268 g/mol. The largest absolute Gasteiger partial charge is 0.465 e. The van der Waals surface area contributed by atoms with Crippen molar-refractivity contribution in [3.63, 3.8) is 0 Å². The van der Waals surface area contributed by atoms with Crippen LogP contribution in [0.3, 0.4) is 0 Å². The molecule has 0 aromatic carbocycles. The van der Waals surface area contributed by atoms with Crippen molar-refractivity contribution >= 4 is 0 Å². The van der Waals surface area contributed by atoms with Crippen LogP contribution in [-0.2, 0) is 17.7 Å². The van der Waals surface area contributed by atoms with Crippen molar-refractivity contribution in [2.24, 2.45) is 0 Å². The van der Waals surface area contributed by atoms with Crippen LogP contribution in [0.1, 0.15) is 24.9 Å². The zero-order valence-electron chi connectivity index (χ0n) is 12.8. The lowest BCUT2D eigenvalue weighted by molar-refractivity contribution is -0.0541. The Morgan fingerprint density at radius 1 is 1.19 bits per heavy atom. The number of aliphatic hydroxyl groups is 1. The zero-order chi connectivity index (χ0) is 14.7. The smallest absolute Gasteiger partial charge is 0.118 e. The average Bonchev–Trinajstić information content (AvgIpc) is 2.96. The van der Waals surface area contributed by atoms with E-state index in [4.69, 9.17) is 9.15 Å². The number of furan rings is 1. The van der Waals surface area contributed by atoms with Gasteiger partial charge < -0.3 is 14.3 Å². The van der Waals surface area contributed by atoms with Crippen LogP contribution < -0.4 is 0 Å². The van der Waals surface area contributed by atoms with Crippen LogP contribution >= 0.6 is 0 Å². The van der Waals surface area contributed by atoms with Gasteiger partial charge in [-0.3, -0.25) is 9.80 Å². The number of ether oxygens (including phenoxy) is 1. The normalized spacial score (nSPS) is 28.9. The van der Waals surface area contributed by atoms with Gasteiger partial charge in [-0.1, -0.05) is 6.92 Å². The predicted molar refractivity (Wildman–Crippen MR) is 80.2 cm³/mol. The fourth-order valence-electron chi connectivity index (χ4n) is 3.38. The minimum absolute atomic E-state index is 0.280. The maximum absolute atomic E-state index is 10.5. The quantitative estimate of drug-likeness (QED) is 0.901. The molecule has 1 N–H and O–H groups in total. The van der Waals surface area contributed by atoms with Crippen molar-refractivity contribution < 1.29 is 14.3 Å². The van der Waals surface area contributed by atoms with Crippen molar-refractivity contribution in [1.82, 2.24) is 9.80 Å². The molecule has 2 saturated heterocycles. The highest BCUT2D eigenvalue weighted by molar-refractivity contribution is 5.07. The van der Waals surface area contributed by atoms with Gasteiger partial charge in [0.2, 0.25) is 0 Å². The number of β-amino-alcohol motifs (C(OH)–C–C–N with tert-alkyl or cyclic N) is 1. The first-order valence-corrected chi connectivity index (χ1v) is 8.06. The van der Waals surface area contributed by atoms with Crippen LogP contribution in [0.2, 0.25) is 0 Å². The summed E-state index contributed by atoms with van der Waals surface area (Å²) in [5.41, 5.74) is 0. The summed E-state index contributed by atoms with van der Waals surface area (Å²) in [6.45, 7) is 8.11. The Morgan fingerprint density at radius 2 is 1.95 bits per heavy atom. The lowest BCUT2D eigenvalue weighted by Crippen LogP contribution is -2.56. The topological polar surface area (TPSA) is 49.1 Å². The molecule has 2 aliphatic rings. The zero-order valence-corrected chi connectivity index (χ0v) is 12.8. The minimum atomic E-state index is -0.280. The highest BCUT2D eigenvalue weighted by Crippen LogP contribution is 2.20. The second-order valence-electron chi connectivity index (χ2n) is 6.03. The van der Waals surface area contributed by atoms with Gasteiger partial charge in [0.25, 0.3) is 0 Å². The predicted octanol–water partition coefficient (Wildman–Crippen LogP) is 1.11. The maximum atomic E-state index is 10.5. The Balaban J connectivity index is 1.52. The van der Waals surface area contributed by atoms with Crippen LogP contribution in [0.5, 0.6) is 0 Å². The molecule has 0 spiro atoms. The molecule has 1 aromatic heterocycles. The number of morpholine rings is 1. The number of nitrogens with zero attached hydrogens (tertiary/aromatic N) is 2. The van der Waals surface area contributed by atoms with E-state index in [0.717, 1.165) is 70.3 Å². The highest BCUT2D eigenvalue weighted by Gasteiger charge is 2.32. The molecule has 3 rings (SSSR count). The Labute approximate surface area is 126 Å². The first kappa shape index (κ1) is 15.0. The van der Waals surface area contributed by atoms with E-state index in [1.807, 2.05) is 6.07 Å². The fourth-order valence-corrected chi connectivity index (χ4v) is 3.38. The van der Waals surface area contributed by atoms with Crippen molar-refractivity contribution in [2.45, 2.75) is 38.5 Å². The van der Waals surface area contributed by atoms with Crippen molar-refractivity contribution in [3.05, 3.63) is 23.7 Å². The Hall–Kier alpha value is -0.880. The van der Waals surface area contributed by atoms with Crippen LogP contribution in [-0.4, -0.2) is 66.4 Å². The molecule has 2 fully saturated rings. The molecule has 3 heterocycles. The second-order valence-corrected chi connectivity index (χ2v) is 6.03. The number of hydrogen-bond donors (Lipinski definition) is 1. The summed E-state index contributed by atoms with van der Waals surface area (Å²) in [7, 11) is 0. The molecule has 2 atom stereocenters. The van der Waals surface area contributed by atoms with E-state index >= 15 is 0 Å². The summed E-state index contributed by atoms with van der Waals surface area (Å²) in [5.74, 6) is 2.04. The SMILES string of the molecule is CCc1ccc(CN2CC[C@@H](N3CCOCC3)[C@H](O)C2)o1. The Kier molecular flexibility index (Phi) is 4.95. The summed E-state index contributed by atoms with van der Waals surface area (Å²) in [6.07, 6.45) is 1.67. The van der Waals surface area contributed by atoms with E-state index in [-0.39, 0.29) is 12.1 Å². The molecule has 0 aliphatic carbocycles. The molecule has 0 amide bonds. The van der Waals surface area contributed by atoms with Gasteiger partial charge in [-0.15, -0.1) is 0 Å². The number of piperidine rings is 1. The van der Waals surface area contributed by atoms with Gasteiger partial charge >= 0.3 is 0 Å². The van der Waals surface area contributed by atoms with Gasteiger partial charge in [-0.05, 0) is 18.6 Å². The van der Waals surface area contributed by atoms with Crippen molar-refractivity contribution in [3.8, 4) is 0 Å². The van der Waals surface area contributed by atoms with Gasteiger partial charge in [0.05, 0.1) is 25.9 Å². The summed E-state index contributed by atoms with van der Waals surface area (Å²) >= 11 is 0. The third-order valence-corrected chi connectivity index (χ3v) is 4.59. The second kappa shape index (κ2) is 6.92. The minimum Gasteiger partial charge on any atom is -0.465 e. The van der Waals surface area contributed by atoms with E-state index in [1.54, 1.807) is 0 Å². The van der Waals surface area contributed by atoms with E-state index in [2.05, 4.69) is 22.8 Å². The summed E-state index contributed by atoms with van der Waals surface area (Å²) in [4.78, 5) is 4.67. The number of likely N-dealkylation sites (tertiary alicyclic amines) is 1. The Bertz CT molecular complexity index is 442. The van der Waals surface area contributed by atoms with Gasteiger partial charge in [-0.25, -0.2) is 0 Å². The van der Waals surface area contributed by atoms with Crippen LogP contribution in [0.25, 0.3) is 0 Å². The van der Waals surface area contributed by atoms with Crippen LogP contribution in [0.4, 0.5) is 0 Å². The first-order valence-electron chi connectivity index (χ1n) is 8.06. The fraction of sp³-hybridized carbons (Fsp3) is 0.750. The molecule has 0 bridgehead atoms. The van der Waals surface area contributed by atoms with E-state index in [0.29, 0.717) is 0 Å². The van der Waals surface area contributed by atoms with Crippen molar-refractivity contribution in [1.29, 1.82) is 0 Å². The van der Waals surface area contributed by atoms with E-state index in [9.17, 15) is 5.11 Å². The number of hydrogen-bond acceptors (Lipinski definition) is 5.